The number of nitrogens with one attached hydrogen (secondary N) is 2. The molecular weight excluding hydrogens is 226 g/mol. The first-order valence-electron chi connectivity index (χ1n) is 5.20. The van der Waals surface area contributed by atoms with Gasteiger partial charge in [0.15, 0.2) is 0 Å². The Morgan fingerprint density at radius 2 is 1.94 bits per heavy atom. The van der Waals surface area contributed by atoms with Crippen molar-refractivity contribution in [1.29, 1.82) is 0 Å². The summed E-state index contributed by atoms with van der Waals surface area (Å²) in [5.41, 5.74) is -0.123. The van der Waals surface area contributed by atoms with Gasteiger partial charge in [-0.3, -0.25) is 4.72 Å². The predicted molar refractivity (Wildman–Crippen MR) is 65.0 cm³/mol. The van der Waals surface area contributed by atoms with E-state index in [9.17, 15) is 8.42 Å². The van der Waals surface area contributed by atoms with Gasteiger partial charge in [0.05, 0.1) is 11.4 Å². The van der Waals surface area contributed by atoms with E-state index in [1.807, 2.05) is 20.8 Å². The predicted octanol–water partition coefficient (Wildman–Crippen LogP) is 1.86. The zero-order valence-corrected chi connectivity index (χ0v) is 11.1. The lowest BCUT2D eigenvalue weighted by Crippen LogP contribution is -2.22. The summed E-state index contributed by atoms with van der Waals surface area (Å²) < 4.78 is 25.7. The Labute approximate surface area is 96.7 Å². The summed E-state index contributed by atoms with van der Waals surface area (Å²) in [7, 11) is -3.30. The van der Waals surface area contributed by atoms with Crippen molar-refractivity contribution in [3.8, 4) is 0 Å². The first-order chi connectivity index (χ1) is 7.13. The van der Waals surface area contributed by atoms with Crippen molar-refractivity contribution in [2.75, 3.05) is 4.72 Å². The largest absolute Gasteiger partial charge is 0.328 e. The summed E-state index contributed by atoms with van der Waals surface area (Å²) in [5.74, 6) is 1.17. The highest BCUT2D eigenvalue weighted by molar-refractivity contribution is 7.93. The molecular formula is C10H19N3O2S. The van der Waals surface area contributed by atoms with E-state index >= 15 is 0 Å². The van der Waals surface area contributed by atoms with Crippen molar-refractivity contribution in [3.63, 3.8) is 0 Å². The second-order valence-corrected chi connectivity index (χ2v) is 7.33. The van der Waals surface area contributed by atoms with Crippen LogP contribution < -0.4 is 4.72 Å². The lowest BCUT2D eigenvalue weighted by atomic mass is 9.96. The van der Waals surface area contributed by atoms with Crippen LogP contribution in [0.1, 0.15) is 40.4 Å². The number of imidazole rings is 1. The highest BCUT2D eigenvalue weighted by Crippen LogP contribution is 2.20. The van der Waals surface area contributed by atoms with Gasteiger partial charge in [0.25, 0.3) is 0 Å². The molecule has 0 aliphatic heterocycles. The van der Waals surface area contributed by atoms with Crippen molar-refractivity contribution >= 4 is 15.8 Å². The minimum atomic E-state index is -3.30. The van der Waals surface area contributed by atoms with Gasteiger partial charge in [0, 0.05) is 5.41 Å². The number of H-pyrrole nitrogens is 1. The maximum Gasteiger partial charge on any atom is 0.236 e. The molecule has 0 radical (unpaired) electrons. The Hall–Kier alpha value is -1.04. The van der Waals surface area contributed by atoms with E-state index in [4.69, 9.17) is 0 Å². The van der Waals surface area contributed by atoms with E-state index in [0.29, 0.717) is 5.82 Å². The molecule has 16 heavy (non-hydrogen) atoms. The number of aromatic nitrogens is 2. The molecule has 0 spiro atoms. The molecule has 1 aromatic heterocycles. The molecule has 0 aliphatic rings. The first-order valence-corrected chi connectivity index (χ1v) is 6.74. The zero-order valence-electron chi connectivity index (χ0n) is 10.3. The Morgan fingerprint density at radius 1 is 1.38 bits per heavy atom. The van der Waals surface area contributed by atoms with E-state index in [1.165, 1.54) is 6.20 Å². The van der Waals surface area contributed by atoms with Gasteiger partial charge in [0.1, 0.15) is 11.6 Å². The van der Waals surface area contributed by atoms with Crippen LogP contribution >= 0.6 is 0 Å². The fourth-order valence-corrected chi connectivity index (χ4v) is 1.67. The molecule has 5 nitrogen and oxygen atoms in total. The minimum Gasteiger partial charge on any atom is -0.328 e. The van der Waals surface area contributed by atoms with Crippen molar-refractivity contribution in [1.82, 2.24) is 9.97 Å². The third-order valence-electron chi connectivity index (χ3n) is 2.16. The number of rotatable bonds is 3. The molecule has 0 saturated heterocycles. The van der Waals surface area contributed by atoms with E-state index in [0.717, 1.165) is 5.82 Å². The molecule has 0 amide bonds. The summed E-state index contributed by atoms with van der Waals surface area (Å²) in [5, 5.41) is -0.464. The molecule has 1 heterocycles. The number of hydrogen-bond donors (Lipinski definition) is 2. The van der Waals surface area contributed by atoms with Crippen LogP contribution in [-0.2, 0) is 15.4 Å². The SMILES string of the molecule is CC(C)S(=O)(=O)Nc1cnc(C(C)(C)C)[nH]1. The molecule has 0 fully saturated rings. The maximum atomic E-state index is 11.6. The molecule has 1 aromatic rings. The van der Waals surface area contributed by atoms with Crippen molar-refractivity contribution in [2.45, 2.75) is 45.3 Å². The molecule has 0 atom stereocenters. The number of nitrogens with zero attached hydrogens (tertiary/aromatic N) is 1. The van der Waals surface area contributed by atoms with Crippen LogP contribution in [0.15, 0.2) is 6.20 Å². The second-order valence-electron chi connectivity index (χ2n) is 5.09. The zero-order chi connectivity index (χ0) is 12.6. The Kier molecular flexibility index (Phi) is 3.33. The summed E-state index contributed by atoms with van der Waals surface area (Å²) in [4.78, 5) is 7.11. The first kappa shape index (κ1) is 13.0. The van der Waals surface area contributed by atoms with Crippen LogP contribution in [0.5, 0.6) is 0 Å². The molecule has 2 N–H and O–H groups in total. The van der Waals surface area contributed by atoms with Crippen LogP contribution in [0.25, 0.3) is 0 Å². The van der Waals surface area contributed by atoms with Crippen molar-refractivity contribution in [2.24, 2.45) is 0 Å². The maximum absolute atomic E-state index is 11.6. The lowest BCUT2D eigenvalue weighted by molar-refractivity contribution is 0.552. The molecule has 0 aromatic carbocycles. The monoisotopic (exact) mass is 245 g/mol. The lowest BCUT2D eigenvalue weighted by Gasteiger charge is -2.14. The molecule has 0 bridgehead atoms. The van der Waals surface area contributed by atoms with Crippen LogP contribution in [0.2, 0.25) is 0 Å². The van der Waals surface area contributed by atoms with Gasteiger partial charge < -0.3 is 4.98 Å². The third kappa shape index (κ3) is 2.98. The van der Waals surface area contributed by atoms with Gasteiger partial charge in [-0.05, 0) is 13.8 Å². The molecule has 0 unspecified atom stereocenters. The highest BCUT2D eigenvalue weighted by atomic mass is 32.2. The molecule has 1 rings (SSSR count). The van der Waals surface area contributed by atoms with Crippen LogP contribution in [-0.4, -0.2) is 23.6 Å². The average molecular weight is 245 g/mol. The van der Waals surface area contributed by atoms with E-state index in [1.54, 1.807) is 13.8 Å². The summed E-state index contributed by atoms with van der Waals surface area (Å²) in [6.45, 7) is 9.28. The summed E-state index contributed by atoms with van der Waals surface area (Å²) in [6, 6.07) is 0. The van der Waals surface area contributed by atoms with Gasteiger partial charge in [0.2, 0.25) is 10.0 Å². The average Bonchev–Trinajstić information content (AvgIpc) is 2.50. The normalized spacial score (nSPS) is 13.1. The quantitative estimate of drug-likeness (QED) is 0.853. The number of anilines is 1. The summed E-state index contributed by atoms with van der Waals surface area (Å²) in [6.07, 6.45) is 1.50. The van der Waals surface area contributed by atoms with Gasteiger partial charge in [-0.15, -0.1) is 0 Å². The topological polar surface area (TPSA) is 74.8 Å². The molecule has 0 aliphatic carbocycles. The smallest absolute Gasteiger partial charge is 0.236 e. The highest BCUT2D eigenvalue weighted by Gasteiger charge is 2.20. The van der Waals surface area contributed by atoms with Crippen LogP contribution in [0.3, 0.4) is 0 Å². The van der Waals surface area contributed by atoms with Gasteiger partial charge in [-0.1, -0.05) is 20.8 Å². The van der Waals surface area contributed by atoms with Crippen LogP contribution in [0, 0.1) is 0 Å². The van der Waals surface area contributed by atoms with Gasteiger partial charge in [-0.2, -0.15) is 0 Å². The number of aromatic amines is 1. The standard InChI is InChI=1S/C10H19N3O2S/c1-7(2)16(14,15)13-8-6-11-9(12-8)10(3,4)5/h6-7,13H,1-5H3,(H,11,12). The van der Waals surface area contributed by atoms with Crippen molar-refractivity contribution < 1.29 is 8.42 Å². The fourth-order valence-electron chi connectivity index (χ4n) is 1.03. The molecule has 6 heteroatoms. The van der Waals surface area contributed by atoms with Gasteiger partial charge >= 0.3 is 0 Å². The van der Waals surface area contributed by atoms with Crippen molar-refractivity contribution in [3.05, 3.63) is 12.0 Å². The Morgan fingerprint density at radius 3 is 2.31 bits per heavy atom. The summed E-state index contributed by atoms with van der Waals surface area (Å²) >= 11 is 0. The third-order valence-corrected chi connectivity index (χ3v) is 3.90. The van der Waals surface area contributed by atoms with E-state index in [-0.39, 0.29) is 5.41 Å². The fraction of sp³-hybridized carbons (Fsp3) is 0.700. The Balaban J connectivity index is 2.90. The van der Waals surface area contributed by atoms with Gasteiger partial charge in [-0.25, -0.2) is 13.4 Å². The second kappa shape index (κ2) is 4.08. The number of hydrogen-bond acceptors (Lipinski definition) is 3. The van der Waals surface area contributed by atoms with Crippen LogP contribution in [0.4, 0.5) is 5.82 Å². The molecule has 92 valence electrons. The van der Waals surface area contributed by atoms with E-state index in [2.05, 4.69) is 14.7 Å². The minimum absolute atomic E-state index is 0.123. The Bertz CT molecular complexity index is 455. The van der Waals surface area contributed by atoms with E-state index < -0.39 is 15.3 Å². The number of sulfonamides is 1. The molecule has 0 saturated carbocycles.